The van der Waals surface area contributed by atoms with Crippen LogP contribution in [0.2, 0.25) is 0 Å². The SMILES string of the molecule is CCC(C)(C)CN1C(=O)C(c2ccccc2)NC(=O)C1C. The van der Waals surface area contributed by atoms with Crippen molar-refractivity contribution in [3.63, 3.8) is 0 Å². The molecule has 4 nitrogen and oxygen atoms in total. The molecular weight excluding hydrogens is 264 g/mol. The monoisotopic (exact) mass is 288 g/mol. The molecule has 1 aromatic rings. The largest absolute Gasteiger partial charge is 0.339 e. The van der Waals surface area contributed by atoms with E-state index in [0.29, 0.717) is 6.54 Å². The minimum Gasteiger partial charge on any atom is -0.339 e. The first-order valence-corrected chi connectivity index (χ1v) is 7.51. The van der Waals surface area contributed by atoms with Crippen molar-refractivity contribution in [1.29, 1.82) is 0 Å². The maximum Gasteiger partial charge on any atom is 0.250 e. The van der Waals surface area contributed by atoms with Crippen LogP contribution >= 0.6 is 0 Å². The third-order valence-corrected chi connectivity index (χ3v) is 4.35. The summed E-state index contributed by atoms with van der Waals surface area (Å²) >= 11 is 0. The third-order valence-electron chi connectivity index (χ3n) is 4.35. The molecule has 1 aromatic carbocycles. The second kappa shape index (κ2) is 5.88. The third kappa shape index (κ3) is 3.26. The number of rotatable bonds is 4. The molecule has 2 unspecified atom stereocenters. The van der Waals surface area contributed by atoms with Gasteiger partial charge >= 0.3 is 0 Å². The normalized spacial score (nSPS) is 23.1. The van der Waals surface area contributed by atoms with Gasteiger partial charge in [-0.25, -0.2) is 0 Å². The van der Waals surface area contributed by atoms with E-state index in [1.807, 2.05) is 30.3 Å². The standard InChI is InChI=1S/C17H24N2O2/c1-5-17(3,4)11-19-12(2)15(20)18-14(16(19)21)13-9-7-6-8-10-13/h6-10,12,14H,5,11H2,1-4H3,(H,18,20). The molecule has 1 saturated heterocycles. The zero-order valence-corrected chi connectivity index (χ0v) is 13.2. The summed E-state index contributed by atoms with van der Waals surface area (Å²) in [6, 6.07) is 8.44. The second-order valence-electron chi connectivity index (χ2n) is 6.51. The van der Waals surface area contributed by atoms with Crippen LogP contribution in [0.4, 0.5) is 0 Å². The van der Waals surface area contributed by atoms with Gasteiger partial charge in [-0.1, -0.05) is 51.1 Å². The second-order valence-corrected chi connectivity index (χ2v) is 6.51. The highest BCUT2D eigenvalue weighted by molar-refractivity contribution is 5.97. The Labute approximate surface area is 126 Å². The van der Waals surface area contributed by atoms with Gasteiger partial charge in [-0.15, -0.1) is 0 Å². The van der Waals surface area contributed by atoms with E-state index in [4.69, 9.17) is 0 Å². The number of hydrogen-bond acceptors (Lipinski definition) is 2. The van der Waals surface area contributed by atoms with E-state index >= 15 is 0 Å². The smallest absolute Gasteiger partial charge is 0.250 e. The van der Waals surface area contributed by atoms with Crippen LogP contribution in [0.3, 0.4) is 0 Å². The molecule has 0 spiro atoms. The van der Waals surface area contributed by atoms with Gasteiger partial charge in [-0.05, 0) is 24.3 Å². The molecule has 0 radical (unpaired) electrons. The molecule has 1 heterocycles. The van der Waals surface area contributed by atoms with Gasteiger partial charge < -0.3 is 10.2 Å². The number of nitrogens with zero attached hydrogens (tertiary/aromatic N) is 1. The van der Waals surface area contributed by atoms with E-state index in [1.165, 1.54) is 0 Å². The Morgan fingerprint density at radius 3 is 2.38 bits per heavy atom. The Morgan fingerprint density at radius 2 is 1.81 bits per heavy atom. The molecule has 1 fully saturated rings. The first-order chi connectivity index (χ1) is 9.85. The van der Waals surface area contributed by atoms with Crippen molar-refractivity contribution >= 4 is 11.8 Å². The Kier molecular flexibility index (Phi) is 4.35. The van der Waals surface area contributed by atoms with Crippen LogP contribution in [0, 0.1) is 5.41 Å². The summed E-state index contributed by atoms with van der Waals surface area (Å²) in [6.07, 6.45) is 0.959. The fourth-order valence-corrected chi connectivity index (χ4v) is 2.48. The van der Waals surface area contributed by atoms with E-state index in [9.17, 15) is 9.59 Å². The number of carbonyl (C=O) groups excluding carboxylic acids is 2. The minimum absolute atomic E-state index is 0.00276. The molecule has 21 heavy (non-hydrogen) atoms. The molecule has 0 aliphatic carbocycles. The van der Waals surface area contributed by atoms with Crippen molar-refractivity contribution in [2.45, 2.75) is 46.2 Å². The van der Waals surface area contributed by atoms with Crippen molar-refractivity contribution in [2.75, 3.05) is 6.54 Å². The molecule has 4 heteroatoms. The number of piperazine rings is 1. The van der Waals surface area contributed by atoms with E-state index < -0.39 is 12.1 Å². The summed E-state index contributed by atoms with van der Waals surface area (Å²) in [7, 11) is 0. The van der Waals surface area contributed by atoms with Crippen molar-refractivity contribution in [2.24, 2.45) is 5.41 Å². The highest BCUT2D eigenvalue weighted by Gasteiger charge is 2.40. The van der Waals surface area contributed by atoms with Crippen molar-refractivity contribution in [3.05, 3.63) is 35.9 Å². The lowest BCUT2D eigenvalue weighted by Gasteiger charge is -2.41. The number of amides is 2. The fraction of sp³-hybridized carbons (Fsp3) is 0.529. The zero-order chi connectivity index (χ0) is 15.6. The van der Waals surface area contributed by atoms with E-state index in [-0.39, 0.29) is 17.2 Å². The summed E-state index contributed by atoms with van der Waals surface area (Å²) in [5.74, 6) is -0.106. The molecule has 1 N–H and O–H groups in total. The molecule has 1 aliphatic heterocycles. The number of carbonyl (C=O) groups is 2. The highest BCUT2D eigenvalue weighted by Crippen LogP contribution is 2.28. The van der Waals surface area contributed by atoms with E-state index in [1.54, 1.807) is 11.8 Å². The highest BCUT2D eigenvalue weighted by atomic mass is 16.2. The topological polar surface area (TPSA) is 49.4 Å². The summed E-state index contributed by atoms with van der Waals surface area (Å²) < 4.78 is 0. The number of hydrogen-bond donors (Lipinski definition) is 1. The van der Waals surface area contributed by atoms with Gasteiger partial charge in [0.25, 0.3) is 0 Å². The number of nitrogens with one attached hydrogen (secondary N) is 1. The quantitative estimate of drug-likeness (QED) is 0.925. The predicted octanol–water partition coefficient (Wildman–Crippen LogP) is 2.51. The zero-order valence-electron chi connectivity index (χ0n) is 13.2. The van der Waals surface area contributed by atoms with Crippen LogP contribution in [0.15, 0.2) is 30.3 Å². The average molecular weight is 288 g/mol. The molecular formula is C17H24N2O2. The Balaban J connectivity index is 2.28. The van der Waals surface area contributed by atoms with Crippen LogP contribution < -0.4 is 5.32 Å². The van der Waals surface area contributed by atoms with Gasteiger partial charge in [0.05, 0.1) is 0 Å². The summed E-state index contributed by atoms with van der Waals surface area (Å²) in [6.45, 7) is 8.74. The van der Waals surface area contributed by atoms with Crippen molar-refractivity contribution in [1.82, 2.24) is 10.2 Å². The summed E-state index contributed by atoms with van der Waals surface area (Å²) in [4.78, 5) is 26.7. The van der Waals surface area contributed by atoms with E-state index in [2.05, 4.69) is 26.1 Å². The predicted molar refractivity (Wildman–Crippen MR) is 82.6 cm³/mol. The Bertz CT molecular complexity index is 525. The number of benzene rings is 1. The summed E-state index contributed by atoms with van der Waals surface area (Å²) in [5.41, 5.74) is 0.838. The molecule has 2 atom stereocenters. The lowest BCUT2D eigenvalue weighted by atomic mass is 9.88. The van der Waals surface area contributed by atoms with Gasteiger partial charge in [-0.2, -0.15) is 0 Å². The fourth-order valence-electron chi connectivity index (χ4n) is 2.48. The molecule has 2 rings (SSSR count). The van der Waals surface area contributed by atoms with Crippen LogP contribution in [0.1, 0.15) is 45.7 Å². The first kappa shape index (κ1) is 15.5. The minimum atomic E-state index is -0.567. The Hall–Kier alpha value is -1.84. The maximum absolute atomic E-state index is 12.8. The molecule has 1 aliphatic rings. The lowest BCUT2D eigenvalue weighted by molar-refractivity contribution is -0.150. The average Bonchev–Trinajstić information content (AvgIpc) is 2.48. The van der Waals surface area contributed by atoms with Crippen LogP contribution in [-0.4, -0.2) is 29.3 Å². The van der Waals surface area contributed by atoms with Crippen LogP contribution in [-0.2, 0) is 9.59 Å². The van der Waals surface area contributed by atoms with Crippen LogP contribution in [0.5, 0.6) is 0 Å². The van der Waals surface area contributed by atoms with Gasteiger partial charge in [0.15, 0.2) is 0 Å². The molecule has 114 valence electrons. The van der Waals surface area contributed by atoms with Crippen molar-refractivity contribution < 1.29 is 9.59 Å². The lowest BCUT2D eigenvalue weighted by Crippen LogP contribution is -2.60. The molecule has 0 aromatic heterocycles. The molecule has 0 bridgehead atoms. The summed E-state index contributed by atoms with van der Waals surface area (Å²) in [5, 5.41) is 2.84. The van der Waals surface area contributed by atoms with Gasteiger partial charge in [0.1, 0.15) is 12.1 Å². The van der Waals surface area contributed by atoms with Gasteiger partial charge in [0, 0.05) is 6.54 Å². The van der Waals surface area contributed by atoms with E-state index in [0.717, 1.165) is 12.0 Å². The molecule has 2 amide bonds. The van der Waals surface area contributed by atoms with Crippen molar-refractivity contribution in [3.8, 4) is 0 Å². The van der Waals surface area contributed by atoms with Gasteiger partial charge in [0.2, 0.25) is 11.8 Å². The van der Waals surface area contributed by atoms with Crippen LogP contribution in [0.25, 0.3) is 0 Å². The first-order valence-electron chi connectivity index (χ1n) is 7.51. The Morgan fingerprint density at radius 1 is 1.19 bits per heavy atom. The maximum atomic E-state index is 12.8. The van der Waals surface area contributed by atoms with Gasteiger partial charge in [-0.3, -0.25) is 9.59 Å². The molecule has 0 saturated carbocycles.